The van der Waals surface area contributed by atoms with Gasteiger partial charge in [-0.05, 0) is 27.4 Å². The minimum atomic E-state index is 0.246. The summed E-state index contributed by atoms with van der Waals surface area (Å²) < 4.78 is 0.932. The maximum absolute atomic E-state index is 5.84. The summed E-state index contributed by atoms with van der Waals surface area (Å²) in [4.78, 5) is 6.43. The molecular formula is C11H16BrClN2. The lowest BCUT2D eigenvalue weighted by atomic mass is 9.96. The van der Waals surface area contributed by atoms with Crippen molar-refractivity contribution in [2.24, 2.45) is 5.41 Å². The van der Waals surface area contributed by atoms with Crippen LogP contribution >= 0.6 is 27.5 Å². The molecule has 1 aromatic heterocycles. The van der Waals surface area contributed by atoms with Crippen molar-refractivity contribution in [2.75, 3.05) is 18.5 Å². The Hall–Kier alpha value is -0.280. The smallest absolute Gasteiger partial charge is 0.142 e. The van der Waals surface area contributed by atoms with Crippen LogP contribution in [-0.4, -0.2) is 18.6 Å². The first-order valence-corrected chi connectivity index (χ1v) is 5.99. The van der Waals surface area contributed by atoms with Gasteiger partial charge in [0.15, 0.2) is 0 Å². The van der Waals surface area contributed by atoms with Crippen molar-refractivity contribution in [1.29, 1.82) is 0 Å². The highest BCUT2D eigenvalue weighted by atomic mass is 79.9. The summed E-state index contributed by atoms with van der Waals surface area (Å²) in [7, 11) is 2.03. The number of hydrogen-bond donors (Lipinski definition) is 0. The predicted octanol–water partition coefficient (Wildman–Crippen LogP) is 3.98. The normalized spacial score (nSPS) is 11.6. The predicted molar refractivity (Wildman–Crippen MR) is 69.7 cm³/mol. The Balaban J connectivity index is 2.87. The summed E-state index contributed by atoms with van der Waals surface area (Å²) in [5, 5.41) is 0.648. The Morgan fingerprint density at radius 2 is 2.07 bits per heavy atom. The number of pyridine rings is 1. The molecule has 0 radical (unpaired) electrons. The van der Waals surface area contributed by atoms with E-state index >= 15 is 0 Å². The van der Waals surface area contributed by atoms with Gasteiger partial charge < -0.3 is 4.90 Å². The van der Waals surface area contributed by atoms with Crippen LogP contribution < -0.4 is 4.90 Å². The van der Waals surface area contributed by atoms with Crippen LogP contribution in [0.15, 0.2) is 16.7 Å². The molecule has 0 bridgehead atoms. The number of nitrogens with zero attached hydrogens (tertiary/aromatic N) is 2. The van der Waals surface area contributed by atoms with E-state index in [1.807, 2.05) is 13.1 Å². The van der Waals surface area contributed by atoms with Crippen LogP contribution in [0.3, 0.4) is 0 Å². The highest BCUT2D eigenvalue weighted by Gasteiger charge is 2.16. The number of anilines is 1. The van der Waals surface area contributed by atoms with Crippen molar-refractivity contribution >= 4 is 33.3 Å². The highest BCUT2D eigenvalue weighted by molar-refractivity contribution is 9.10. The fourth-order valence-electron chi connectivity index (χ4n) is 1.47. The molecule has 0 saturated heterocycles. The van der Waals surface area contributed by atoms with Crippen LogP contribution in [0.5, 0.6) is 0 Å². The zero-order chi connectivity index (χ0) is 11.6. The first-order chi connectivity index (χ1) is 6.79. The molecule has 0 amide bonds. The summed E-state index contributed by atoms with van der Waals surface area (Å²) in [5.74, 6) is 0.925. The molecule has 0 atom stereocenters. The quantitative estimate of drug-likeness (QED) is 0.819. The van der Waals surface area contributed by atoms with Crippen LogP contribution in [0, 0.1) is 5.41 Å². The zero-order valence-electron chi connectivity index (χ0n) is 9.51. The average Bonchev–Trinajstić information content (AvgIpc) is 1.99. The first kappa shape index (κ1) is 12.8. The van der Waals surface area contributed by atoms with Crippen LogP contribution in [0.1, 0.15) is 20.8 Å². The highest BCUT2D eigenvalue weighted by Crippen LogP contribution is 2.27. The topological polar surface area (TPSA) is 16.1 Å². The van der Waals surface area contributed by atoms with Gasteiger partial charge in [-0.3, -0.25) is 0 Å². The van der Waals surface area contributed by atoms with E-state index in [9.17, 15) is 0 Å². The van der Waals surface area contributed by atoms with E-state index in [0.29, 0.717) is 5.02 Å². The Morgan fingerprint density at radius 1 is 1.47 bits per heavy atom. The number of aromatic nitrogens is 1. The second kappa shape index (κ2) is 4.71. The van der Waals surface area contributed by atoms with Crippen LogP contribution in [0.4, 0.5) is 5.82 Å². The minimum absolute atomic E-state index is 0.246. The minimum Gasteiger partial charge on any atom is -0.358 e. The van der Waals surface area contributed by atoms with E-state index in [-0.39, 0.29) is 5.41 Å². The van der Waals surface area contributed by atoms with Gasteiger partial charge in [0, 0.05) is 19.8 Å². The summed E-state index contributed by atoms with van der Waals surface area (Å²) in [6.07, 6.45) is 1.67. The first-order valence-electron chi connectivity index (χ1n) is 4.82. The number of rotatable bonds is 2. The van der Waals surface area contributed by atoms with E-state index in [2.05, 4.69) is 46.6 Å². The van der Waals surface area contributed by atoms with Gasteiger partial charge in [-0.15, -0.1) is 0 Å². The molecule has 1 heterocycles. The molecule has 0 aliphatic rings. The fourth-order valence-corrected chi connectivity index (χ4v) is 2.42. The Morgan fingerprint density at radius 3 is 2.53 bits per heavy atom. The lowest BCUT2D eigenvalue weighted by Gasteiger charge is -2.28. The van der Waals surface area contributed by atoms with Gasteiger partial charge in [0.25, 0.3) is 0 Å². The van der Waals surface area contributed by atoms with E-state index in [1.54, 1.807) is 6.20 Å². The molecular weight excluding hydrogens is 275 g/mol. The maximum atomic E-state index is 5.84. The van der Waals surface area contributed by atoms with Crippen molar-refractivity contribution < 1.29 is 0 Å². The molecule has 84 valence electrons. The Labute approximate surface area is 105 Å². The van der Waals surface area contributed by atoms with E-state index < -0.39 is 0 Å². The molecule has 0 N–H and O–H groups in total. The molecule has 2 nitrogen and oxygen atoms in total. The van der Waals surface area contributed by atoms with Gasteiger partial charge >= 0.3 is 0 Å². The van der Waals surface area contributed by atoms with E-state index in [4.69, 9.17) is 11.6 Å². The van der Waals surface area contributed by atoms with Crippen LogP contribution in [0.2, 0.25) is 5.02 Å². The summed E-state index contributed by atoms with van der Waals surface area (Å²) in [6, 6.07) is 1.86. The molecule has 1 aromatic rings. The largest absolute Gasteiger partial charge is 0.358 e. The standard InChI is InChI=1S/C11H16BrClN2/c1-11(2,3)7-15(4)10-9(12)5-8(13)6-14-10/h5-6H,7H2,1-4H3. The summed E-state index contributed by atoms with van der Waals surface area (Å²) in [5.41, 5.74) is 0.246. The summed E-state index contributed by atoms with van der Waals surface area (Å²) >= 11 is 9.31. The Kier molecular flexibility index (Phi) is 4.01. The zero-order valence-corrected chi connectivity index (χ0v) is 11.9. The second-order valence-electron chi connectivity index (χ2n) is 4.88. The maximum Gasteiger partial charge on any atom is 0.142 e. The third-order valence-electron chi connectivity index (χ3n) is 1.86. The van der Waals surface area contributed by atoms with Gasteiger partial charge in [-0.1, -0.05) is 32.4 Å². The molecule has 1 rings (SSSR count). The van der Waals surface area contributed by atoms with Gasteiger partial charge in [-0.25, -0.2) is 4.98 Å². The van der Waals surface area contributed by atoms with Gasteiger partial charge in [-0.2, -0.15) is 0 Å². The van der Waals surface area contributed by atoms with E-state index in [1.165, 1.54) is 0 Å². The second-order valence-corrected chi connectivity index (χ2v) is 6.17. The van der Waals surface area contributed by atoms with Crippen LogP contribution in [-0.2, 0) is 0 Å². The molecule has 0 fully saturated rings. The van der Waals surface area contributed by atoms with Crippen molar-refractivity contribution in [3.63, 3.8) is 0 Å². The third-order valence-corrected chi connectivity index (χ3v) is 2.65. The number of hydrogen-bond acceptors (Lipinski definition) is 2. The molecule has 0 unspecified atom stereocenters. The van der Waals surface area contributed by atoms with Crippen molar-refractivity contribution in [2.45, 2.75) is 20.8 Å². The Bertz CT molecular complexity index is 347. The number of halogens is 2. The molecule has 0 saturated carbocycles. The molecule has 0 spiro atoms. The van der Waals surface area contributed by atoms with Crippen molar-refractivity contribution in [1.82, 2.24) is 4.98 Å². The summed E-state index contributed by atoms with van der Waals surface area (Å²) in [6.45, 7) is 7.55. The molecule has 0 aliphatic heterocycles. The lowest BCUT2D eigenvalue weighted by molar-refractivity contribution is 0.417. The molecule has 15 heavy (non-hydrogen) atoms. The molecule has 0 aromatic carbocycles. The SMILES string of the molecule is CN(CC(C)(C)C)c1ncc(Cl)cc1Br. The molecule has 0 aliphatic carbocycles. The van der Waals surface area contributed by atoms with Gasteiger partial charge in [0.05, 0.1) is 9.50 Å². The average molecular weight is 292 g/mol. The monoisotopic (exact) mass is 290 g/mol. The van der Waals surface area contributed by atoms with Crippen molar-refractivity contribution in [3.8, 4) is 0 Å². The van der Waals surface area contributed by atoms with Gasteiger partial charge in [0.1, 0.15) is 5.82 Å². The van der Waals surface area contributed by atoms with Crippen LogP contribution in [0.25, 0.3) is 0 Å². The van der Waals surface area contributed by atoms with Crippen molar-refractivity contribution in [3.05, 3.63) is 21.8 Å². The third kappa shape index (κ3) is 3.99. The lowest BCUT2D eigenvalue weighted by Crippen LogP contribution is -2.29. The van der Waals surface area contributed by atoms with Gasteiger partial charge in [0.2, 0.25) is 0 Å². The fraction of sp³-hybridized carbons (Fsp3) is 0.545. The molecule has 4 heteroatoms. The van der Waals surface area contributed by atoms with E-state index in [0.717, 1.165) is 16.8 Å².